The first kappa shape index (κ1) is 16.4. The molecule has 0 radical (unpaired) electrons. The maximum absolute atomic E-state index is 6.29. The van der Waals surface area contributed by atoms with Crippen molar-refractivity contribution in [1.29, 1.82) is 0 Å². The summed E-state index contributed by atoms with van der Waals surface area (Å²) in [6.45, 7) is 5.05. The Balaban J connectivity index is 2.23. The van der Waals surface area contributed by atoms with E-state index in [-0.39, 0.29) is 6.04 Å². The lowest BCUT2D eigenvalue weighted by molar-refractivity contribution is 0.482. The van der Waals surface area contributed by atoms with E-state index in [9.17, 15) is 0 Å². The van der Waals surface area contributed by atoms with Gasteiger partial charge < -0.3 is 10.1 Å². The van der Waals surface area contributed by atoms with Crippen LogP contribution in [0.3, 0.4) is 0 Å². The van der Waals surface area contributed by atoms with Gasteiger partial charge in [0.1, 0.15) is 11.5 Å². The fourth-order valence-corrected chi connectivity index (χ4v) is 2.51. The maximum Gasteiger partial charge on any atom is 0.147 e. The van der Waals surface area contributed by atoms with E-state index in [0.29, 0.717) is 26.6 Å². The molecule has 0 aliphatic carbocycles. The largest absolute Gasteiger partial charge is 0.454 e. The van der Waals surface area contributed by atoms with Gasteiger partial charge in [0.05, 0.1) is 10.0 Å². The molecule has 2 aromatic carbocycles. The summed E-state index contributed by atoms with van der Waals surface area (Å²) in [5.41, 5.74) is 1.10. The van der Waals surface area contributed by atoms with Crippen LogP contribution in [0.4, 0.5) is 0 Å². The van der Waals surface area contributed by atoms with E-state index in [1.54, 1.807) is 18.2 Å². The molecule has 0 bridgehead atoms. The second-order valence-electron chi connectivity index (χ2n) is 4.65. The highest BCUT2D eigenvalue weighted by Crippen LogP contribution is 2.36. The van der Waals surface area contributed by atoms with E-state index in [2.05, 4.69) is 19.2 Å². The molecule has 0 saturated carbocycles. The number of benzene rings is 2. The van der Waals surface area contributed by atoms with Crippen LogP contribution in [0.25, 0.3) is 0 Å². The quantitative estimate of drug-likeness (QED) is 0.706. The van der Waals surface area contributed by atoms with Gasteiger partial charge in [-0.15, -0.1) is 0 Å². The number of hydrogen-bond donors (Lipinski definition) is 1. The molecule has 0 aliphatic heterocycles. The van der Waals surface area contributed by atoms with Gasteiger partial charge in [-0.05, 0) is 43.3 Å². The maximum atomic E-state index is 6.29. The van der Waals surface area contributed by atoms with Crippen molar-refractivity contribution in [3.63, 3.8) is 0 Å². The van der Waals surface area contributed by atoms with E-state index in [1.807, 2.05) is 18.2 Å². The van der Waals surface area contributed by atoms with Gasteiger partial charge in [0.15, 0.2) is 0 Å². The van der Waals surface area contributed by atoms with Crippen molar-refractivity contribution in [2.24, 2.45) is 0 Å². The Morgan fingerprint density at radius 3 is 2.43 bits per heavy atom. The molecule has 0 aromatic heterocycles. The molecule has 1 unspecified atom stereocenters. The van der Waals surface area contributed by atoms with Crippen LogP contribution >= 0.6 is 34.8 Å². The number of ether oxygens (including phenoxy) is 1. The van der Waals surface area contributed by atoms with Gasteiger partial charge in [0.25, 0.3) is 0 Å². The standard InChI is InChI=1S/C16H16Cl3NO/c1-3-20-10(2)11-4-7-15(14(19)8-11)21-16-9-12(17)5-6-13(16)18/h4-10,20H,3H2,1-2H3. The summed E-state index contributed by atoms with van der Waals surface area (Å²) < 4.78 is 5.75. The Bertz CT molecular complexity index is 631. The van der Waals surface area contributed by atoms with Crippen molar-refractivity contribution in [3.8, 4) is 11.5 Å². The predicted molar refractivity (Wildman–Crippen MR) is 90.1 cm³/mol. The molecule has 0 spiro atoms. The lowest BCUT2D eigenvalue weighted by Crippen LogP contribution is -2.17. The molecule has 0 heterocycles. The molecule has 1 atom stereocenters. The SMILES string of the molecule is CCNC(C)c1ccc(Oc2cc(Cl)ccc2Cl)c(Cl)c1. The highest BCUT2D eigenvalue weighted by molar-refractivity contribution is 6.34. The minimum Gasteiger partial charge on any atom is -0.454 e. The average Bonchev–Trinajstić information content (AvgIpc) is 2.45. The normalized spacial score (nSPS) is 12.2. The van der Waals surface area contributed by atoms with Crippen molar-refractivity contribution in [1.82, 2.24) is 5.32 Å². The van der Waals surface area contributed by atoms with Crippen LogP contribution in [-0.4, -0.2) is 6.54 Å². The molecular formula is C16H16Cl3NO. The zero-order chi connectivity index (χ0) is 15.4. The molecule has 2 rings (SSSR count). The topological polar surface area (TPSA) is 21.3 Å². The van der Waals surface area contributed by atoms with Crippen LogP contribution in [0.15, 0.2) is 36.4 Å². The number of halogens is 3. The fraction of sp³-hybridized carbons (Fsp3) is 0.250. The molecule has 0 amide bonds. The summed E-state index contributed by atoms with van der Waals surface area (Å²) in [5.74, 6) is 1.03. The first-order valence-corrected chi connectivity index (χ1v) is 7.80. The van der Waals surface area contributed by atoms with Gasteiger partial charge in [0.2, 0.25) is 0 Å². The molecule has 21 heavy (non-hydrogen) atoms. The number of nitrogens with one attached hydrogen (secondary N) is 1. The highest BCUT2D eigenvalue weighted by atomic mass is 35.5. The van der Waals surface area contributed by atoms with Crippen molar-refractivity contribution in [3.05, 3.63) is 57.0 Å². The fourth-order valence-electron chi connectivity index (χ4n) is 1.97. The third-order valence-electron chi connectivity index (χ3n) is 3.08. The van der Waals surface area contributed by atoms with E-state index in [0.717, 1.165) is 12.1 Å². The summed E-state index contributed by atoms with van der Waals surface area (Å²) >= 11 is 18.3. The van der Waals surface area contributed by atoms with E-state index in [4.69, 9.17) is 39.5 Å². The van der Waals surface area contributed by atoms with E-state index in [1.165, 1.54) is 0 Å². The zero-order valence-electron chi connectivity index (χ0n) is 11.8. The first-order valence-electron chi connectivity index (χ1n) is 6.67. The van der Waals surface area contributed by atoms with Crippen molar-refractivity contribution >= 4 is 34.8 Å². The molecule has 2 aromatic rings. The number of hydrogen-bond acceptors (Lipinski definition) is 2. The predicted octanol–water partition coefficient (Wildman–Crippen LogP) is 6.11. The van der Waals surface area contributed by atoms with Crippen molar-refractivity contribution in [2.45, 2.75) is 19.9 Å². The van der Waals surface area contributed by atoms with Crippen molar-refractivity contribution < 1.29 is 4.74 Å². The molecule has 0 saturated heterocycles. The van der Waals surface area contributed by atoms with Gasteiger partial charge in [-0.3, -0.25) is 0 Å². The summed E-state index contributed by atoms with van der Waals surface area (Å²) in [6, 6.07) is 11.0. The third kappa shape index (κ3) is 4.27. The van der Waals surface area contributed by atoms with Crippen molar-refractivity contribution in [2.75, 3.05) is 6.54 Å². The highest BCUT2D eigenvalue weighted by Gasteiger charge is 2.10. The molecule has 5 heteroatoms. The summed E-state index contributed by atoms with van der Waals surface area (Å²) in [5, 5.41) is 4.92. The van der Waals surface area contributed by atoms with Gasteiger partial charge >= 0.3 is 0 Å². The minimum atomic E-state index is 0.233. The van der Waals surface area contributed by atoms with Gasteiger partial charge in [-0.2, -0.15) is 0 Å². The Labute approximate surface area is 140 Å². The molecule has 2 nitrogen and oxygen atoms in total. The van der Waals surface area contributed by atoms with E-state index < -0.39 is 0 Å². The molecule has 0 fully saturated rings. The summed E-state index contributed by atoms with van der Waals surface area (Å²) in [6.07, 6.45) is 0. The Kier molecular flexibility index (Phi) is 5.77. The smallest absolute Gasteiger partial charge is 0.147 e. The molecular weight excluding hydrogens is 329 g/mol. The van der Waals surface area contributed by atoms with Crippen LogP contribution < -0.4 is 10.1 Å². The van der Waals surface area contributed by atoms with Gasteiger partial charge in [-0.25, -0.2) is 0 Å². The third-order valence-corrected chi connectivity index (χ3v) is 3.92. The lowest BCUT2D eigenvalue weighted by Gasteiger charge is -2.15. The Morgan fingerprint density at radius 2 is 1.76 bits per heavy atom. The van der Waals surface area contributed by atoms with Crippen LogP contribution in [0, 0.1) is 0 Å². The summed E-state index contributed by atoms with van der Waals surface area (Å²) in [4.78, 5) is 0. The molecule has 1 N–H and O–H groups in total. The molecule has 112 valence electrons. The summed E-state index contributed by atoms with van der Waals surface area (Å²) in [7, 11) is 0. The lowest BCUT2D eigenvalue weighted by atomic mass is 10.1. The minimum absolute atomic E-state index is 0.233. The number of rotatable bonds is 5. The van der Waals surface area contributed by atoms with Gasteiger partial charge in [0, 0.05) is 17.1 Å². The Morgan fingerprint density at radius 1 is 1.00 bits per heavy atom. The van der Waals surface area contributed by atoms with E-state index >= 15 is 0 Å². The van der Waals surface area contributed by atoms with Crippen LogP contribution in [-0.2, 0) is 0 Å². The first-order chi connectivity index (χ1) is 10.0. The molecule has 0 aliphatic rings. The zero-order valence-corrected chi connectivity index (χ0v) is 14.1. The van der Waals surface area contributed by atoms with Crippen LogP contribution in [0.2, 0.25) is 15.1 Å². The second kappa shape index (κ2) is 7.37. The van der Waals surface area contributed by atoms with Gasteiger partial charge in [-0.1, -0.05) is 47.8 Å². The Hall–Kier alpha value is -0.930. The van der Waals surface area contributed by atoms with Crippen LogP contribution in [0.5, 0.6) is 11.5 Å². The monoisotopic (exact) mass is 343 g/mol. The average molecular weight is 345 g/mol. The second-order valence-corrected chi connectivity index (χ2v) is 5.90. The van der Waals surface area contributed by atoms with Crippen LogP contribution in [0.1, 0.15) is 25.5 Å².